The monoisotopic (exact) mass is 265 g/mol. The lowest BCUT2D eigenvalue weighted by Gasteiger charge is -2.12. The topological polar surface area (TPSA) is 43.9 Å². The number of nitrogens with zero attached hydrogens (tertiary/aromatic N) is 3. The summed E-state index contributed by atoms with van der Waals surface area (Å²) < 4.78 is 7.57. The van der Waals surface area contributed by atoms with Gasteiger partial charge in [0.2, 0.25) is 0 Å². The Balaban J connectivity index is 2.37. The third kappa shape index (κ3) is 2.96. The molecule has 0 aromatic carbocycles. The molecule has 0 spiro atoms. The van der Waals surface area contributed by atoms with Gasteiger partial charge in [0, 0.05) is 11.8 Å². The number of aromatic nitrogens is 3. The molecule has 0 N–H and O–H groups in total. The highest BCUT2D eigenvalue weighted by Gasteiger charge is 2.17. The zero-order valence-electron chi connectivity index (χ0n) is 11.3. The Labute approximate surface area is 112 Å². The number of rotatable bonds is 5. The van der Waals surface area contributed by atoms with E-state index in [1.807, 2.05) is 12.1 Å². The minimum Gasteiger partial charge on any atom is -0.461 e. The third-order valence-corrected chi connectivity index (χ3v) is 3.33. The van der Waals surface area contributed by atoms with Crippen molar-refractivity contribution in [3.05, 3.63) is 18.4 Å². The van der Waals surface area contributed by atoms with Crippen LogP contribution in [0.2, 0.25) is 0 Å². The maximum absolute atomic E-state index is 5.43. The van der Waals surface area contributed by atoms with E-state index in [1.54, 1.807) is 18.0 Å². The first-order valence-electron chi connectivity index (χ1n) is 6.21. The molecule has 2 rings (SSSR count). The molecule has 0 aliphatic rings. The molecule has 0 aliphatic carbocycles. The van der Waals surface area contributed by atoms with Crippen molar-refractivity contribution in [2.75, 3.05) is 0 Å². The summed E-state index contributed by atoms with van der Waals surface area (Å²) in [6.07, 6.45) is 1.67. The predicted molar refractivity (Wildman–Crippen MR) is 73.6 cm³/mol. The maximum Gasteiger partial charge on any atom is 0.200 e. The van der Waals surface area contributed by atoms with Crippen molar-refractivity contribution in [3.63, 3.8) is 0 Å². The fourth-order valence-electron chi connectivity index (χ4n) is 1.70. The summed E-state index contributed by atoms with van der Waals surface area (Å²) in [6.45, 7) is 9.60. The van der Waals surface area contributed by atoms with Gasteiger partial charge in [-0.15, -0.1) is 10.2 Å². The molecule has 18 heavy (non-hydrogen) atoms. The van der Waals surface area contributed by atoms with Gasteiger partial charge in [0.05, 0.1) is 6.26 Å². The van der Waals surface area contributed by atoms with Gasteiger partial charge in [-0.1, -0.05) is 39.5 Å². The van der Waals surface area contributed by atoms with E-state index in [4.69, 9.17) is 4.42 Å². The highest BCUT2D eigenvalue weighted by Crippen LogP contribution is 2.27. The summed E-state index contributed by atoms with van der Waals surface area (Å²) in [7, 11) is 0. The fourth-order valence-corrected chi connectivity index (χ4v) is 2.50. The number of thioether (sulfide) groups is 1. The van der Waals surface area contributed by atoms with Gasteiger partial charge in [-0.05, 0) is 18.1 Å². The second-order valence-corrected chi connectivity index (χ2v) is 6.50. The van der Waals surface area contributed by atoms with Gasteiger partial charge in [0.1, 0.15) is 0 Å². The van der Waals surface area contributed by atoms with Crippen LogP contribution in [0.15, 0.2) is 28.0 Å². The molecule has 0 unspecified atom stereocenters. The predicted octanol–water partition coefficient (Wildman–Crippen LogP) is 3.69. The van der Waals surface area contributed by atoms with Crippen LogP contribution >= 0.6 is 11.8 Å². The van der Waals surface area contributed by atoms with Crippen molar-refractivity contribution >= 4 is 11.8 Å². The zero-order chi connectivity index (χ0) is 13.1. The third-order valence-electron chi connectivity index (χ3n) is 2.35. The Morgan fingerprint density at radius 2 is 2.06 bits per heavy atom. The molecule has 0 saturated heterocycles. The van der Waals surface area contributed by atoms with Crippen molar-refractivity contribution in [3.8, 4) is 11.6 Å². The van der Waals surface area contributed by atoms with E-state index in [0.29, 0.717) is 11.2 Å². The Kier molecular flexibility index (Phi) is 4.11. The average molecular weight is 265 g/mol. The lowest BCUT2D eigenvalue weighted by Crippen LogP contribution is -2.08. The van der Waals surface area contributed by atoms with Crippen molar-refractivity contribution in [1.82, 2.24) is 14.8 Å². The van der Waals surface area contributed by atoms with E-state index < -0.39 is 0 Å². The van der Waals surface area contributed by atoms with Gasteiger partial charge in [0.15, 0.2) is 16.7 Å². The first-order chi connectivity index (χ1) is 8.58. The van der Waals surface area contributed by atoms with Crippen molar-refractivity contribution in [2.45, 2.75) is 44.6 Å². The summed E-state index contributed by atoms with van der Waals surface area (Å²) in [6, 6.07) is 3.80. The van der Waals surface area contributed by atoms with Crippen LogP contribution in [0.1, 0.15) is 27.7 Å². The van der Waals surface area contributed by atoms with Gasteiger partial charge in [-0.3, -0.25) is 4.57 Å². The van der Waals surface area contributed by atoms with E-state index >= 15 is 0 Å². The van der Waals surface area contributed by atoms with Crippen LogP contribution in [0.5, 0.6) is 0 Å². The van der Waals surface area contributed by atoms with Crippen LogP contribution in [0.4, 0.5) is 0 Å². The van der Waals surface area contributed by atoms with Crippen LogP contribution in [0.3, 0.4) is 0 Å². The molecule has 0 saturated carbocycles. The van der Waals surface area contributed by atoms with Crippen LogP contribution in [-0.4, -0.2) is 20.0 Å². The highest BCUT2D eigenvalue weighted by atomic mass is 32.2. The maximum atomic E-state index is 5.43. The van der Waals surface area contributed by atoms with E-state index in [0.717, 1.165) is 23.3 Å². The number of furan rings is 1. The van der Waals surface area contributed by atoms with Gasteiger partial charge in [-0.25, -0.2) is 0 Å². The number of hydrogen-bond donors (Lipinski definition) is 0. The molecule has 2 aromatic heterocycles. The normalized spacial score (nSPS) is 11.7. The Morgan fingerprint density at radius 3 is 2.61 bits per heavy atom. The van der Waals surface area contributed by atoms with E-state index in [1.165, 1.54) is 0 Å². The standard InChI is InChI=1S/C13H19N3OS/c1-9(2)8-16-12(11-6-5-7-17-11)14-15-13(16)18-10(3)4/h5-7,9-10H,8H2,1-4H3. The van der Waals surface area contributed by atoms with E-state index in [-0.39, 0.29) is 0 Å². The fraction of sp³-hybridized carbons (Fsp3) is 0.538. The highest BCUT2D eigenvalue weighted by molar-refractivity contribution is 7.99. The summed E-state index contributed by atoms with van der Waals surface area (Å²) in [5.74, 6) is 2.14. The average Bonchev–Trinajstić information content (AvgIpc) is 2.87. The molecule has 0 fully saturated rings. The quantitative estimate of drug-likeness (QED) is 0.773. The molecule has 5 heteroatoms. The summed E-state index contributed by atoms with van der Waals surface area (Å²) >= 11 is 1.73. The molecule has 2 heterocycles. The molecular weight excluding hydrogens is 246 g/mol. The van der Waals surface area contributed by atoms with Gasteiger partial charge < -0.3 is 4.42 Å². The first kappa shape index (κ1) is 13.2. The van der Waals surface area contributed by atoms with Gasteiger partial charge >= 0.3 is 0 Å². The lowest BCUT2D eigenvalue weighted by molar-refractivity contribution is 0.489. The molecule has 0 aliphatic heterocycles. The Morgan fingerprint density at radius 1 is 1.28 bits per heavy atom. The Hall–Kier alpha value is -1.23. The molecule has 0 atom stereocenters. The Bertz CT molecular complexity index is 488. The molecule has 98 valence electrons. The van der Waals surface area contributed by atoms with Crippen LogP contribution in [0, 0.1) is 5.92 Å². The van der Waals surface area contributed by atoms with Gasteiger partial charge in [0.25, 0.3) is 0 Å². The minimum atomic E-state index is 0.490. The first-order valence-corrected chi connectivity index (χ1v) is 7.09. The van der Waals surface area contributed by atoms with Crippen molar-refractivity contribution < 1.29 is 4.42 Å². The van der Waals surface area contributed by atoms with Crippen LogP contribution in [-0.2, 0) is 6.54 Å². The smallest absolute Gasteiger partial charge is 0.200 e. The zero-order valence-corrected chi connectivity index (χ0v) is 12.1. The molecule has 4 nitrogen and oxygen atoms in total. The minimum absolute atomic E-state index is 0.490. The summed E-state index contributed by atoms with van der Waals surface area (Å²) in [4.78, 5) is 0. The lowest BCUT2D eigenvalue weighted by atomic mass is 10.2. The number of hydrogen-bond acceptors (Lipinski definition) is 4. The molecule has 0 amide bonds. The van der Waals surface area contributed by atoms with E-state index in [2.05, 4.69) is 42.5 Å². The molecule has 0 radical (unpaired) electrons. The second-order valence-electron chi connectivity index (χ2n) is 4.95. The van der Waals surface area contributed by atoms with Crippen molar-refractivity contribution in [2.24, 2.45) is 5.92 Å². The van der Waals surface area contributed by atoms with Gasteiger partial charge in [-0.2, -0.15) is 0 Å². The second kappa shape index (κ2) is 5.61. The molecular formula is C13H19N3OS. The van der Waals surface area contributed by atoms with E-state index in [9.17, 15) is 0 Å². The van der Waals surface area contributed by atoms with Crippen LogP contribution in [0.25, 0.3) is 11.6 Å². The molecule has 0 bridgehead atoms. The summed E-state index contributed by atoms with van der Waals surface area (Å²) in [5, 5.41) is 10.00. The van der Waals surface area contributed by atoms with Crippen LogP contribution < -0.4 is 0 Å². The summed E-state index contributed by atoms with van der Waals surface area (Å²) in [5.41, 5.74) is 0. The molecule has 2 aromatic rings. The van der Waals surface area contributed by atoms with Crippen molar-refractivity contribution in [1.29, 1.82) is 0 Å². The largest absolute Gasteiger partial charge is 0.461 e. The SMILES string of the molecule is CC(C)Cn1c(SC(C)C)nnc1-c1ccco1.